The molecule has 3 N–H and O–H groups in total. The van der Waals surface area contributed by atoms with E-state index in [2.05, 4.69) is 10.6 Å². The van der Waals surface area contributed by atoms with Crippen molar-refractivity contribution in [2.75, 3.05) is 19.5 Å². The molecule has 1 unspecified atom stereocenters. The fraction of sp³-hybridized carbons (Fsp3) is 0.385. The van der Waals surface area contributed by atoms with Crippen LogP contribution in [0.2, 0.25) is 5.02 Å². The Bertz CT molecular complexity index is 536. The number of urea groups is 1. The van der Waals surface area contributed by atoms with E-state index < -0.39 is 18.0 Å². The second kappa shape index (κ2) is 7.58. The molecule has 0 aliphatic heterocycles. The summed E-state index contributed by atoms with van der Waals surface area (Å²) in [6.45, 7) is 1.59. The minimum absolute atomic E-state index is 0.173. The number of aliphatic carboxylic acids is 1. The lowest BCUT2D eigenvalue weighted by Gasteiger charge is -2.15. The molecule has 1 aromatic carbocycles. The molecule has 0 aliphatic carbocycles. The number of carbonyl (C=O) groups is 2. The first-order valence-corrected chi connectivity index (χ1v) is 6.46. The molecule has 116 valence electrons. The average molecular weight is 317 g/mol. The molecule has 0 heterocycles. The molecule has 2 amide bonds. The minimum atomic E-state index is -0.993. The smallest absolute Gasteiger partial charge is 0.319 e. The van der Waals surface area contributed by atoms with Gasteiger partial charge in [0.05, 0.1) is 31.4 Å². The molecular weight excluding hydrogens is 300 g/mol. The van der Waals surface area contributed by atoms with Crippen LogP contribution >= 0.6 is 11.6 Å². The van der Waals surface area contributed by atoms with Gasteiger partial charge in [-0.2, -0.15) is 0 Å². The van der Waals surface area contributed by atoms with Crippen LogP contribution in [0.3, 0.4) is 0 Å². The van der Waals surface area contributed by atoms with Crippen molar-refractivity contribution in [1.29, 1.82) is 0 Å². The Morgan fingerprint density at radius 1 is 1.29 bits per heavy atom. The summed E-state index contributed by atoms with van der Waals surface area (Å²) < 4.78 is 10.2. The predicted octanol–water partition coefficient (Wildman–Crippen LogP) is 2.34. The number of carbonyl (C=O) groups excluding carboxylic acids is 1. The van der Waals surface area contributed by atoms with E-state index in [4.69, 9.17) is 26.2 Å². The van der Waals surface area contributed by atoms with Gasteiger partial charge in [-0.25, -0.2) is 4.79 Å². The molecule has 0 fully saturated rings. The highest BCUT2D eigenvalue weighted by Crippen LogP contribution is 2.35. The molecule has 1 atom stereocenters. The summed E-state index contributed by atoms with van der Waals surface area (Å²) in [5, 5.41) is 14.0. The molecule has 0 aromatic heterocycles. The van der Waals surface area contributed by atoms with Crippen molar-refractivity contribution in [3.8, 4) is 11.5 Å². The Hall–Kier alpha value is -2.15. The number of carboxylic acid groups (broad SMARTS) is 1. The number of carboxylic acids is 1. The van der Waals surface area contributed by atoms with Gasteiger partial charge >= 0.3 is 12.0 Å². The van der Waals surface area contributed by atoms with Gasteiger partial charge in [-0.1, -0.05) is 11.6 Å². The van der Waals surface area contributed by atoms with E-state index in [1.54, 1.807) is 13.0 Å². The third-order valence-electron chi connectivity index (χ3n) is 2.58. The van der Waals surface area contributed by atoms with Crippen LogP contribution in [-0.4, -0.2) is 37.4 Å². The zero-order valence-electron chi connectivity index (χ0n) is 11.9. The Kier molecular flexibility index (Phi) is 6.10. The molecule has 0 bridgehead atoms. The molecule has 1 aromatic rings. The molecule has 7 nitrogen and oxygen atoms in total. The highest BCUT2D eigenvalue weighted by atomic mass is 35.5. The molecule has 1 rings (SSSR count). The maximum absolute atomic E-state index is 11.8. The van der Waals surface area contributed by atoms with E-state index in [0.29, 0.717) is 22.2 Å². The fourth-order valence-electron chi connectivity index (χ4n) is 1.65. The standard InChI is InChI=1S/C13H17ClN2O5/c1-7(4-12(17)18)15-13(19)16-9-5-8(14)10(20-2)6-11(9)21-3/h5-7H,4H2,1-3H3,(H,17,18)(H2,15,16,19). The highest BCUT2D eigenvalue weighted by Gasteiger charge is 2.15. The average Bonchev–Trinajstić information content (AvgIpc) is 2.37. The lowest BCUT2D eigenvalue weighted by atomic mass is 10.2. The van der Waals surface area contributed by atoms with Crippen LogP contribution in [0.15, 0.2) is 12.1 Å². The normalized spacial score (nSPS) is 11.4. The van der Waals surface area contributed by atoms with E-state index >= 15 is 0 Å². The summed E-state index contributed by atoms with van der Waals surface area (Å²) in [5.41, 5.74) is 0.350. The van der Waals surface area contributed by atoms with E-state index in [9.17, 15) is 9.59 Å². The summed E-state index contributed by atoms with van der Waals surface area (Å²) in [6, 6.07) is 1.96. The highest BCUT2D eigenvalue weighted by molar-refractivity contribution is 6.32. The molecule has 0 radical (unpaired) electrons. The Balaban J connectivity index is 2.80. The van der Waals surface area contributed by atoms with Gasteiger partial charge in [0, 0.05) is 12.1 Å². The third kappa shape index (κ3) is 5.03. The molecular formula is C13H17ClN2O5. The van der Waals surface area contributed by atoms with Gasteiger partial charge in [0.25, 0.3) is 0 Å². The monoisotopic (exact) mass is 316 g/mol. The van der Waals surface area contributed by atoms with E-state index in [0.717, 1.165) is 0 Å². The van der Waals surface area contributed by atoms with Gasteiger partial charge in [-0.05, 0) is 13.0 Å². The van der Waals surface area contributed by atoms with Crippen molar-refractivity contribution in [3.63, 3.8) is 0 Å². The van der Waals surface area contributed by atoms with Crippen molar-refractivity contribution in [2.24, 2.45) is 0 Å². The van der Waals surface area contributed by atoms with Crippen LogP contribution in [0.1, 0.15) is 13.3 Å². The summed E-state index contributed by atoms with van der Waals surface area (Å²) in [4.78, 5) is 22.3. The number of hydrogen-bond donors (Lipinski definition) is 3. The number of nitrogens with one attached hydrogen (secondary N) is 2. The van der Waals surface area contributed by atoms with Crippen LogP contribution < -0.4 is 20.1 Å². The van der Waals surface area contributed by atoms with Gasteiger partial charge in [-0.3, -0.25) is 4.79 Å². The Morgan fingerprint density at radius 3 is 2.43 bits per heavy atom. The first-order chi connectivity index (χ1) is 9.87. The number of benzene rings is 1. The van der Waals surface area contributed by atoms with Crippen LogP contribution in [0.5, 0.6) is 11.5 Å². The predicted molar refractivity (Wildman–Crippen MR) is 78.4 cm³/mol. The van der Waals surface area contributed by atoms with Crippen molar-refractivity contribution in [2.45, 2.75) is 19.4 Å². The van der Waals surface area contributed by atoms with Gasteiger partial charge in [-0.15, -0.1) is 0 Å². The molecule has 0 saturated heterocycles. The van der Waals surface area contributed by atoms with Crippen molar-refractivity contribution in [3.05, 3.63) is 17.2 Å². The van der Waals surface area contributed by atoms with Crippen LogP contribution in [0.4, 0.5) is 10.5 Å². The zero-order chi connectivity index (χ0) is 16.0. The molecule has 0 aliphatic rings. The summed E-state index contributed by atoms with van der Waals surface area (Å²) in [6.07, 6.45) is -0.173. The quantitative estimate of drug-likeness (QED) is 0.748. The first-order valence-electron chi connectivity index (χ1n) is 6.08. The lowest BCUT2D eigenvalue weighted by molar-refractivity contribution is -0.137. The Labute approximate surface area is 127 Å². The van der Waals surface area contributed by atoms with Crippen molar-refractivity contribution in [1.82, 2.24) is 5.32 Å². The summed E-state index contributed by atoms with van der Waals surface area (Å²) >= 11 is 5.99. The minimum Gasteiger partial charge on any atom is -0.495 e. The Morgan fingerprint density at radius 2 is 1.90 bits per heavy atom. The van der Waals surface area contributed by atoms with Gasteiger partial charge < -0.3 is 25.2 Å². The lowest BCUT2D eigenvalue weighted by Crippen LogP contribution is -2.37. The first kappa shape index (κ1) is 16.9. The SMILES string of the molecule is COc1cc(OC)c(NC(=O)NC(C)CC(=O)O)cc1Cl. The maximum Gasteiger partial charge on any atom is 0.319 e. The number of ether oxygens (including phenoxy) is 2. The van der Waals surface area contributed by atoms with E-state index in [1.165, 1.54) is 20.3 Å². The van der Waals surface area contributed by atoms with Crippen LogP contribution in [0.25, 0.3) is 0 Å². The molecule has 0 saturated carbocycles. The van der Waals surface area contributed by atoms with Gasteiger partial charge in [0.2, 0.25) is 0 Å². The van der Waals surface area contributed by atoms with E-state index in [1.807, 2.05) is 0 Å². The maximum atomic E-state index is 11.8. The molecule has 8 heteroatoms. The van der Waals surface area contributed by atoms with Gasteiger partial charge in [0.15, 0.2) is 0 Å². The van der Waals surface area contributed by atoms with Gasteiger partial charge in [0.1, 0.15) is 11.5 Å². The van der Waals surface area contributed by atoms with E-state index in [-0.39, 0.29) is 6.42 Å². The number of hydrogen-bond acceptors (Lipinski definition) is 4. The number of methoxy groups -OCH3 is 2. The zero-order valence-corrected chi connectivity index (χ0v) is 12.7. The third-order valence-corrected chi connectivity index (χ3v) is 2.88. The van der Waals surface area contributed by atoms with Crippen molar-refractivity contribution < 1.29 is 24.2 Å². The second-order valence-electron chi connectivity index (χ2n) is 4.28. The number of halogens is 1. The largest absolute Gasteiger partial charge is 0.495 e. The fourth-order valence-corrected chi connectivity index (χ4v) is 1.89. The number of amides is 2. The summed E-state index contributed by atoms with van der Waals surface area (Å²) in [5.74, 6) is -0.205. The number of anilines is 1. The van der Waals surface area contributed by atoms with Crippen LogP contribution in [-0.2, 0) is 4.79 Å². The molecule has 21 heavy (non-hydrogen) atoms. The summed E-state index contributed by atoms with van der Waals surface area (Å²) in [7, 11) is 2.91. The van der Waals surface area contributed by atoms with Crippen molar-refractivity contribution >= 4 is 29.3 Å². The molecule has 0 spiro atoms. The topological polar surface area (TPSA) is 96.9 Å². The second-order valence-corrected chi connectivity index (χ2v) is 4.69. The van der Waals surface area contributed by atoms with Crippen LogP contribution in [0, 0.1) is 0 Å². The number of rotatable bonds is 6.